The molecule has 2 aromatic rings. The van der Waals surface area contributed by atoms with Gasteiger partial charge in [0, 0.05) is 11.7 Å². The van der Waals surface area contributed by atoms with Crippen molar-refractivity contribution in [2.75, 3.05) is 5.32 Å². The number of halogens is 1. The smallest absolute Gasteiger partial charge is 0.123 e. The summed E-state index contributed by atoms with van der Waals surface area (Å²) in [5.41, 5.74) is 3.89. The molecule has 0 saturated heterocycles. The number of nitrogens with one attached hydrogen (secondary N) is 1. The molecule has 0 amide bonds. The Morgan fingerprint density at radius 2 is 1.75 bits per heavy atom. The van der Waals surface area contributed by atoms with Crippen LogP contribution in [0.15, 0.2) is 48.5 Å². The lowest BCUT2D eigenvalue weighted by molar-refractivity contribution is 0.373. The zero-order valence-electron chi connectivity index (χ0n) is 11.8. The van der Waals surface area contributed by atoms with E-state index in [1.807, 2.05) is 12.1 Å². The predicted octanol–water partition coefficient (Wildman–Crippen LogP) is 4.75. The molecule has 0 unspecified atom stereocenters. The average Bonchev–Trinajstić information content (AvgIpc) is 2.44. The van der Waals surface area contributed by atoms with Gasteiger partial charge in [-0.15, -0.1) is 0 Å². The maximum Gasteiger partial charge on any atom is 0.123 e. The van der Waals surface area contributed by atoms with Crippen LogP contribution in [0.4, 0.5) is 10.1 Å². The SMILES string of the molecule is CCc1ccccc1NC1CC(c2ccc(F)cc2)C1. The summed E-state index contributed by atoms with van der Waals surface area (Å²) in [6, 6.07) is 16.0. The number of anilines is 1. The number of hydrogen-bond donors (Lipinski definition) is 1. The summed E-state index contributed by atoms with van der Waals surface area (Å²) in [6.07, 6.45) is 3.31. The standard InChI is InChI=1S/C18H20FN/c1-2-13-5-3-4-6-18(13)20-17-11-15(12-17)14-7-9-16(19)10-8-14/h3-10,15,17,20H,2,11-12H2,1H3. The summed E-state index contributed by atoms with van der Waals surface area (Å²) in [5, 5.41) is 3.63. The molecule has 1 nitrogen and oxygen atoms in total. The fraction of sp³-hybridized carbons (Fsp3) is 0.333. The van der Waals surface area contributed by atoms with Gasteiger partial charge in [0.15, 0.2) is 0 Å². The summed E-state index contributed by atoms with van der Waals surface area (Å²) >= 11 is 0. The molecule has 1 fully saturated rings. The molecule has 20 heavy (non-hydrogen) atoms. The Bertz CT molecular complexity index is 570. The summed E-state index contributed by atoms with van der Waals surface area (Å²) in [5.74, 6) is 0.418. The van der Waals surface area contributed by atoms with E-state index in [2.05, 4.69) is 36.5 Å². The molecule has 0 aliphatic heterocycles. The van der Waals surface area contributed by atoms with Crippen molar-refractivity contribution in [2.45, 2.75) is 38.1 Å². The molecular weight excluding hydrogens is 249 g/mol. The van der Waals surface area contributed by atoms with Gasteiger partial charge in [0.25, 0.3) is 0 Å². The van der Waals surface area contributed by atoms with Gasteiger partial charge < -0.3 is 5.32 Å². The first-order valence-corrected chi connectivity index (χ1v) is 7.36. The topological polar surface area (TPSA) is 12.0 Å². The van der Waals surface area contributed by atoms with Crippen molar-refractivity contribution in [3.63, 3.8) is 0 Å². The highest BCUT2D eigenvalue weighted by Gasteiger charge is 2.30. The largest absolute Gasteiger partial charge is 0.382 e. The summed E-state index contributed by atoms with van der Waals surface area (Å²) in [4.78, 5) is 0. The van der Waals surface area contributed by atoms with Crippen molar-refractivity contribution < 1.29 is 4.39 Å². The molecule has 0 radical (unpaired) electrons. The third-order valence-electron chi connectivity index (χ3n) is 4.24. The number of benzene rings is 2. The van der Waals surface area contributed by atoms with Gasteiger partial charge in [-0.1, -0.05) is 37.3 Å². The van der Waals surface area contributed by atoms with Gasteiger partial charge in [-0.25, -0.2) is 4.39 Å². The number of aryl methyl sites for hydroxylation is 1. The zero-order valence-corrected chi connectivity index (χ0v) is 11.8. The fourth-order valence-electron chi connectivity index (χ4n) is 2.93. The van der Waals surface area contributed by atoms with Crippen LogP contribution in [-0.2, 0) is 6.42 Å². The van der Waals surface area contributed by atoms with Crippen LogP contribution < -0.4 is 5.32 Å². The Labute approximate surface area is 119 Å². The molecule has 104 valence electrons. The van der Waals surface area contributed by atoms with Crippen LogP contribution in [0.5, 0.6) is 0 Å². The molecule has 1 aliphatic carbocycles. The Balaban J connectivity index is 1.59. The van der Waals surface area contributed by atoms with E-state index in [9.17, 15) is 4.39 Å². The van der Waals surface area contributed by atoms with Gasteiger partial charge in [-0.3, -0.25) is 0 Å². The minimum atomic E-state index is -0.153. The molecular formula is C18H20FN. The van der Waals surface area contributed by atoms with Gasteiger partial charge >= 0.3 is 0 Å². The van der Waals surface area contributed by atoms with E-state index in [-0.39, 0.29) is 5.82 Å². The molecule has 1 N–H and O–H groups in total. The third-order valence-corrected chi connectivity index (χ3v) is 4.24. The van der Waals surface area contributed by atoms with E-state index < -0.39 is 0 Å². The van der Waals surface area contributed by atoms with Crippen LogP contribution in [0.2, 0.25) is 0 Å². The van der Waals surface area contributed by atoms with Crippen molar-refractivity contribution >= 4 is 5.69 Å². The molecule has 1 saturated carbocycles. The lowest BCUT2D eigenvalue weighted by Crippen LogP contribution is -2.34. The van der Waals surface area contributed by atoms with Crippen molar-refractivity contribution in [3.8, 4) is 0 Å². The van der Waals surface area contributed by atoms with Crippen molar-refractivity contribution in [1.29, 1.82) is 0 Å². The molecule has 0 atom stereocenters. The lowest BCUT2D eigenvalue weighted by Gasteiger charge is -2.37. The number of rotatable bonds is 4. The summed E-state index contributed by atoms with van der Waals surface area (Å²) in [6.45, 7) is 2.18. The number of para-hydroxylation sites is 1. The van der Waals surface area contributed by atoms with Crippen LogP contribution in [0.1, 0.15) is 36.8 Å². The molecule has 0 heterocycles. The van der Waals surface area contributed by atoms with E-state index in [0.29, 0.717) is 12.0 Å². The highest BCUT2D eigenvalue weighted by atomic mass is 19.1. The highest BCUT2D eigenvalue weighted by molar-refractivity contribution is 5.52. The van der Waals surface area contributed by atoms with Crippen LogP contribution in [0.25, 0.3) is 0 Å². The lowest BCUT2D eigenvalue weighted by atomic mass is 9.75. The quantitative estimate of drug-likeness (QED) is 0.845. The molecule has 2 aromatic carbocycles. The fourth-order valence-corrected chi connectivity index (χ4v) is 2.93. The Kier molecular flexibility index (Phi) is 3.72. The van der Waals surface area contributed by atoms with Gasteiger partial charge in [0.05, 0.1) is 0 Å². The Morgan fingerprint density at radius 3 is 2.45 bits per heavy atom. The second-order valence-electron chi connectivity index (χ2n) is 5.57. The van der Waals surface area contributed by atoms with E-state index in [4.69, 9.17) is 0 Å². The van der Waals surface area contributed by atoms with Gasteiger partial charge in [-0.2, -0.15) is 0 Å². The van der Waals surface area contributed by atoms with Crippen LogP contribution in [0, 0.1) is 5.82 Å². The van der Waals surface area contributed by atoms with Crippen LogP contribution >= 0.6 is 0 Å². The molecule has 1 aliphatic rings. The monoisotopic (exact) mass is 269 g/mol. The van der Waals surface area contributed by atoms with E-state index in [1.165, 1.54) is 16.8 Å². The number of hydrogen-bond acceptors (Lipinski definition) is 1. The minimum Gasteiger partial charge on any atom is -0.382 e. The third kappa shape index (κ3) is 2.69. The second-order valence-corrected chi connectivity index (χ2v) is 5.57. The summed E-state index contributed by atoms with van der Waals surface area (Å²) < 4.78 is 12.9. The second kappa shape index (κ2) is 5.66. The first-order valence-electron chi connectivity index (χ1n) is 7.36. The average molecular weight is 269 g/mol. The van der Waals surface area contributed by atoms with Crippen molar-refractivity contribution in [2.24, 2.45) is 0 Å². The Hall–Kier alpha value is -1.83. The van der Waals surface area contributed by atoms with Crippen LogP contribution in [0.3, 0.4) is 0 Å². The normalized spacial score (nSPS) is 21.3. The maximum absolute atomic E-state index is 12.9. The van der Waals surface area contributed by atoms with Crippen molar-refractivity contribution in [3.05, 3.63) is 65.5 Å². The van der Waals surface area contributed by atoms with E-state index >= 15 is 0 Å². The first-order chi connectivity index (χ1) is 9.76. The van der Waals surface area contributed by atoms with Crippen molar-refractivity contribution in [1.82, 2.24) is 0 Å². The molecule has 3 rings (SSSR count). The van der Waals surface area contributed by atoms with E-state index in [1.54, 1.807) is 12.1 Å². The predicted molar refractivity (Wildman–Crippen MR) is 81.6 cm³/mol. The van der Waals surface area contributed by atoms with Gasteiger partial charge in [0.1, 0.15) is 5.82 Å². The Morgan fingerprint density at radius 1 is 1.05 bits per heavy atom. The first kappa shape index (κ1) is 13.2. The van der Waals surface area contributed by atoms with Crippen LogP contribution in [-0.4, -0.2) is 6.04 Å². The maximum atomic E-state index is 12.9. The molecule has 0 aromatic heterocycles. The van der Waals surface area contributed by atoms with Gasteiger partial charge in [-0.05, 0) is 54.5 Å². The minimum absolute atomic E-state index is 0.153. The van der Waals surface area contributed by atoms with E-state index in [0.717, 1.165) is 19.3 Å². The highest BCUT2D eigenvalue weighted by Crippen LogP contribution is 2.38. The molecule has 0 bridgehead atoms. The van der Waals surface area contributed by atoms with Gasteiger partial charge in [0.2, 0.25) is 0 Å². The molecule has 0 spiro atoms. The molecule has 2 heteroatoms. The summed E-state index contributed by atoms with van der Waals surface area (Å²) in [7, 11) is 0. The zero-order chi connectivity index (χ0) is 13.9.